The Kier molecular flexibility index (Phi) is 5.31. The van der Waals surface area contributed by atoms with Crippen molar-refractivity contribution in [1.29, 1.82) is 0 Å². The molecule has 2 saturated heterocycles. The van der Waals surface area contributed by atoms with E-state index in [0.29, 0.717) is 0 Å². The monoisotopic (exact) mass is 308 g/mol. The first-order valence-corrected chi connectivity index (χ1v) is 8.81. The Morgan fingerprint density at radius 2 is 1.14 bits per heavy atom. The molecule has 4 N–H and O–H groups in total. The minimum atomic E-state index is -0.0465. The molecule has 3 rings (SSSR count). The molecular weight excluding hydrogens is 280 g/mol. The van der Waals surface area contributed by atoms with Crippen molar-refractivity contribution in [3.05, 3.63) is 0 Å². The van der Waals surface area contributed by atoms with E-state index in [1.54, 1.807) is 0 Å². The predicted octanol–water partition coefficient (Wildman–Crippen LogP) is 0.0340. The second-order valence-corrected chi connectivity index (χ2v) is 6.81. The Morgan fingerprint density at radius 3 is 1.50 bits per heavy atom. The summed E-state index contributed by atoms with van der Waals surface area (Å²) in [7, 11) is 0. The highest BCUT2D eigenvalue weighted by atomic mass is 16.2. The van der Waals surface area contributed by atoms with Gasteiger partial charge in [-0.05, 0) is 51.6 Å². The van der Waals surface area contributed by atoms with Crippen LogP contribution in [0.25, 0.3) is 0 Å². The lowest BCUT2D eigenvalue weighted by molar-refractivity contribution is -0.126. The average molecular weight is 308 g/mol. The zero-order chi connectivity index (χ0) is 15.4. The van der Waals surface area contributed by atoms with Gasteiger partial charge in [-0.2, -0.15) is 0 Å². The first-order chi connectivity index (χ1) is 10.7. The van der Waals surface area contributed by atoms with E-state index in [0.717, 1.165) is 64.5 Å². The summed E-state index contributed by atoms with van der Waals surface area (Å²) in [6.45, 7) is 1.85. The zero-order valence-corrected chi connectivity index (χ0v) is 13.2. The van der Waals surface area contributed by atoms with Gasteiger partial charge in [0.15, 0.2) is 0 Å². The van der Waals surface area contributed by atoms with Crippen molar-refractivity contribution < 1.29 is 9.59 Å². The van der Waals surface area contributed by atoms with E-state index in [1.165, 1.54) is 0 Å². The summed E-state index contributed by atoms with van der Waals surface area (Å²) in [5.74, 6) is 0.199. The van der Waals surface area contributed by atoms with Gasteiger partial charge in [0.25, 0.3) is 0 Å². The standard InChI is InChI=1S/C16H28N4O2/c21-15(13-7-3-9-17-13)19-11-5-1-2-6-12(11)20-16(22)14-8-4-10-18-14/h11-14,17-18H,1-10H2,(H,19,21)(H,20,22)/t11-,12-,13-,14-/m0/s1. The molecule has 124 valence electrons. The Morgan fingerprint density at radius 1 is 0.682 bits per heavy atom. The van der Waals surface area contributed by atoms with E-state index < -0.39 is 0 Å². The van der Waals surface area contributed by atoms with Crippen molar-refractivity contribution in [2.24, 2.45) is 0 Å². The van der Waals surface area contributed by atoms with Crippen molar-refractivity contribution >= 4 is 11.8 Å². The summed E-state index contributed by atoms with van der Waals surface area (Å²) in [5.41, 5.74) is 0. The van der Waals surface area contributed by atoms with E-state index in [2.05, 4.69) is 21.3 Å². The fraction of sp³-hybridized carbons (Fsp3) is 0.875. The minimum absolute atomic E-state index is 0.0465. The van der Waals surface area contributed by atoms with Crippen LogP contribution in [0.15, 0.2) is 0 Å². The summed E-state index contributed by atoms with van der Waals surface area (Å²) < 4.78 is 0. The van der Waals surface area contributed by atoms with E-state index in [1.807, 2.05) is 0 Å². The molecule has 2 heterocycles. The van der Waals surface area contributed by atoms with Gasteiger partial charge in [0, 0.05) is 12.1 Å². The van der Waals surface area contributed by atoms with Crippen LogP contribution in [-0.2, 0) is 9.59 Å². The van der Waals surface area contributed by atoms with Crippen LogP contribution in [0.5, 0.6) is 0 Å². The molecule has 6 heteroatoms. The largest absolute Gasteiger partial charge is 0.350 e. The lowest BCUT2D eigenvalue weighted by Gasteiger charge is -2.34. The SMILES string of the molecule is O=C(N[C@H]1CCCC[C@@H]1NC(=O)[C@@H]1CCCN1)[C@@H]1CCCN1. The van der Waals surface area contributed by atoms with Crippen molar-refractivity contribution in [2.75, 3.05) is 13.1 Å². The molecule has 1 saturated carbocycles. The Balaban J connectivity index is 1.53. The average Bonchev–Trinajstić information content (AvgIpc) is 3.23. The van der Waals surface area contributed by atoms with Gasteiger partial charge in [-0.1, -0.05) is 12.8 Å². The van der Waals surface area contributed by atoms with Gasteiger partial charge in [0.05, 0.1) is 12.1 Å². The lowest BCUT2D eigenvalue weighted by atomic mass is 9.89. The molecule has 6 nitrogen and oxygen atoms in total. The van der Waals surface area contributed by atoms with Crippen LogP contribution in [0.4, 0.5) is 0 Å². The molecule has 0 unspecified atom stereocenters. The van der Waals surface area contributed by atoms with Crippen LogP contribution in [0.3, 0.4) is 0 Å². The van der Waals surface area contributed by atoms with Crippen molar-refractivity contribution in [3.63, 3.8) is 0 Å². The molecule has 0 aromatic carbocycles. The third-order valence-corrected chi connectivity index (χ3v) is 5.17. The molecule has 2 amide bonds. The van der Waals surface area contributed by atoms with Gasteiger partial charge in [-0.3, -0.25) is 9.59 Å². The number of rotatable bonds is 4. The molecule has 0 bridgehead atoms. The van der Waals surface area contributed by atoms with E-state index in [4.69, 9.17) is 0 Å². The molecular formula is C16H28N4O2. The Labute approximate surface area is 132 Å². The molecule has 2 aliphatic heterocycles. The van der Waals surface area contributed by atoms with E-state index in [9.17, 15) is 9.59 Å². The molecule has 22 heavy (non-hydrogen) atoms. The van der Waals surface area contributed by atoms with E-state index >= 15 is 0 Å². The molecule has 1 aliphatic carbocycles. The van der Waals surface area contributed by atoms with Crippen molar-refractivity contribution in [2.45, 2.75) is 75.5 Å². The molecule has 3 aliphatic rings. The molecule has 0 aromatic heterocycles. The van der Waals surface area contributed by atoms with Gasteiger partial charge >= 0.3 is 0 Å². The summed E-state index contributed by atoms with van der Waals surface area (Å²) in [4.78, 5) is 24.6. The van der Waals surface area contributed by atoms with Gasteiger partial charge in [0.2, 0.25) is 11.8 Å². The number of amides is 2. The molecule has 4 atom stereocenters. The first-order valence-electron chi connectivity index (χ1n) is 8.81. The van der Waals surface area contributed by atoms with Crippen LogP contribution < -0.4 is 21.3 Å². The normalized spacial score (nSPS) is 35.3. The van der Waals surface area contributed by atoms with Crippen LogP contribution in [0.2, 0.25) is 0 Å². The molecule has 0 aromatic rings. The number of nitrogens with one attached hydrogen (secondary N) is 4. The number of carbonyl (C=O) groups is 2. The Hall–Kier alpha value is -1.14. The van der Waals surface area contributed by atoms with E-state index in [-0.39, 0.29) is 36.0 Å². The van der Waals surface area contributed by atoms with Gasteiger partial charge in [0.1, 0.15) is 0 Å². The van der Waals surface area contributed by atoms with Crippen LogP contribution >= 0.6 is 0 Å². The quantitative estimate of drug-likeness (QED) is 0.591. The third kappa shape index (κ3) is 3.79. The smallest absolute Gasteiger partial charge is 0.237 e. The summed E-state index contributed by atoms with van der Waals surface area (Å²) in [6.07, 6.45) is 8.13. The fourth-order valence-electron chi connectivity index (χ4n) is 3.86. The molecule has 0 spiro atoms. The fourth-order valence-corrected chi connectivity index (χ4v) is 3.86. The van der Waals surface area contributed by atoms with Gasteiger partial charge in [-0.15, -0.1) is 0 Å². The van der Waals surface area contributed by atoms with Crippen LogP contribution in [0.1, 0.15) is 51.4 Å². The summed E-state index contributed by atoms with van der Waals surface area (Å²) in [6, 6.07) is 0.0626. The summed E-state index contributed by atoms with van der Waals surface area (Å²) >= 11 is 0. The maximum Gasteiger partial charge on any atom is 0.237 e. The van der Waals surface area contributed by atoms with Gasteiger partial charge in [-0.25, -0.2) is 0 Å². The minimum Gasteiger partial charge on any atom is -0.350 e. The first kappa shape index (κ1) is 15.7. The van der Waals surface area contributed by atoms with Crippen LogP contribution in [0, 0.1) is 0 Å². The highest BCUT2D eigenvalue weighted by molar-refractivity contribution is 5.83. The maximum atomic E-state index is 12.3. The van der Waals surface area contributed by atoms with Crippen molar-refractivity contribution in [3.8, 4) is 0 Å². The summed E-state index contributed by atoms with van der Waals surface area (Å²) in [5, 5.41) is 12.8. The topological polar surface area (TPSA) is 82.3 Å². The van der Waals surface area contributed by atoms with Crippen molar-refractivity contribution in [1.82, 2.24) is 21.3 Å². The molecule has 0 radical (unpaired) electrons. The highest BCUT2D eigenvalue weighted by Crippen LogP contribution is 2.20. The number of hydrogen-bond acceptors (Lipinski definition) is 4. The second-order valence-electron chi connectivity index (χ2n) is 6.81. The number of carbonyl (C=O) groups excluding carboxylic acids is 2. The maximum absolute atomic E-state index is 12.3. The lowest BCUT2D eigenvalue weighted by Crippen LogP contribution is -2.57. The van der Waals surface area contributed by atoms with Crippen LogP contribution in [-0.4, -0.2) is 49.1 Å². The number of hydrogen-bond donors (Lipinski definition) is 4. The highest BCUT2D eigenvalue weighted by Gasteiger charge is 2.32. The molecule has 3 fully saturated rings. The zero-order valence-electron chi connectivity index (χ0n) is 13.2. The second kappa shape index (κ2) is 7.42. The third-order valence-electron chi connectivity index (χ3n) is 5.17. The van der Waals surface area contributed by atoms with Gasteiger partial charge < -0.3 is 21.3 Å². The predicted molar refractivity (Wildman–Crippen MR) is 84.4 cm³/mol. The Bertz CT molecular complexity index is 365.